The second-order valence-electron chi connectivity index (χ2n) is 5.88. The molecule has 0 bridgehead atoms. The van der Waals surface area contributed by atoms with Crippen LogP contribution in [0.5, 0.6) is 0 Å². The molecule has 24 heavy (non-hydrogen) atoms. The maximum absolute atomic E-state index is 5.84. The zero-order chi connectivity index (χ0) is 16.4. The summed E-state index contributed by atoms with van der Waals surface area (Å²) in [5, 5.41) is 8.22. The summed E-state index contributed by atoms with van der Waals surface area (Å²) in [4.78, 5) is 6.84. The van der Waals surface area contributed by atoms with E-state index in [1.807, 2.05) is 19.2 Å². The molecule has 7 heteroatoms. The topological polar surface area (TPSA) is 69.2 Å². The number of hydrogen-bond donors (Lipinski definition) is 0. The molecule has 124 valence electrons. The molecule has 0 radical (unpaired) electrons. The van der Waals surface area contributed by atoms with Crippen LogP contribution in [-0.4, -0.2) is 44.5 Å². The molecule has 0 spiro atoms. The summed E-state index contributed by atoms with van der Waals surface area (Å²) in [6.45, 7) is 3.21. The van der Waals surface area contributed by atoms with E-state index < -0.39 is 0 Å². The molecule has 4 rings (SSSR count). The maximum atomic E-state index is 5.84. The van der Waals surface area contributed by atoms with Gasteiger partial charge in [-0.3, -0.25) is 9.58 Å². The SMILES string of the molecule is Cn1nccc1-c1nc([C@H]2CN(Cc3ccccc3)CCO2)no1. The van der Waals surface area contributed by atoms with Crippen LogP contribution in [-0.2, 0) is 18.3 Å². The molecular weight excluding hydrogens is 306 g/mol. The Morgan fingerprint density at radius 3 is 2.88 bits per heavy atom. The fraction of sp³-hybridized carbons (Fsp3) is 0.353. The zero-order valence-corrected chi connectivity index (χ0v) is 13.5. The van der Waals surface area contributed by atoms with Gasteiger partial charge in [0.15, 0.2) is 0 Å². The van der Waals surface area contributed by atoms with Gasteiger partial charge in [0, 0.05) is 32.9 Å². The monoisotopic (exact) mass is 325 g/mol. The Morgan fingerprint density at radius 2 is 2.08 bits per heavy atom. The molecule has 1 aromatic carbocycles. The van der Waals surface area contributed by atoms with Gasteiger partial charge in [0.1, 0.15) is 11.8 Å². The highest BCUT2D eigenvalue weighted by Gasteiger charge is 2.27. The van der Waals surface area contributed by atoms with E-state index in [1.165, 1.54) is 5.56 Å². The normalized spacial score (nSPS) is 18.8. The average molecular weight is 325 g/mol. The molecule has 1 aliphatic heterocycles. The molecule has 0 N–H and O–H groups in total. The highest BCUT2D eigenvalue weighted by Crippen LogP contribution is 2.24. The lowest BCUT2D eigenvalue weighted by Gasteiger charge is -2.31. The van der Waals surface area contributed by atoms with Crippen molar-refractivity contribution in [2.45, 2.75) is 12.6 Å². The van der Waals surface area contributed by atoms with Crippen molar-refractivity contribution in [3.05, 3.63) is 54.0 Å². The third-order valence-electron chi connectivity index (χ3n) is 4.17. The Morgan fingerprint density at radius 1 is 1.21 bits per heavy atom. The maximum Gasteiger partial charge on any atom is 0.276 e. The summed E-state index contributed by atoms with van der Waals surface area (Å²) in [6, 6.07) is 12.3. The van der Waals surface area contributed by atoms with E-state index in [0.717, 1.165) is 25.3 Å². The van der Waals surface area contributed by atoms with Crippen LogP contribution in [0.3, 0.4) is 0 Å². The Hall–Kier alpha value is -2.51. The van der Waals surface area contributed by atoms with E-state index in [-0.39, 0.29) is 6.10 Å². The van der Waals surface area contributed by atoms with Crippen LogP contribution in [0.15, 0.2) is 47.1 Å². The van der Waals surface area contributed by atoms with Crippen LogP contribution in [0.2, 0.25) is 0 Å². The molecular formula is C17H19N5O2. The van der Waals surface area contributed by atoms with Crippen LogP contribution in [0.25, 0.3) is 11.6 Å². The van der Waals surface area contributed by atoms with Gasteiger partial charge in [0.25, 0.3) is 5.89 Å². The molecule has 0 unspecified atom stereocenters. The van der Waals surface area contributed by atoms with Crippen LogP contribution in [0.4, 0.5) is 0 Å². The molecule has 1 fully saturated rings. The minimum atomic E-state index is -0.173. The van der Waals surface area contributed by atoms with Crippen LogP contribution < -0.4 is 0 Å². The highest BCUT2D eigenvalue weighted by atomic mass is 16.5. The number of morpholine rings is 1. The lowest BCUT2D eigenvalue weighted by atomic mass is 10.2. The van der Waals surface area contributed by atoms with Gasteiger partial charge in [-0.15, -0.1) is 0 Å². The van der Waals surface area contributed by atoms with Crippen LogP contribution in [0.1, 0.15) is 17.5 Å². The van der Waals surface area contributed by atoms with Gasteiger partial charge in [0.05, 0.1) is 6.61 Å². The number of aromatic nitrogens is 4. The van der Waals surface area contributed by atoms with Crippen LogP contribution in [0, 0.1) is 0 Å². The lowest BCUT2D eigenvalue weighted by molar-refractivity contribution is -0.0380. The minimum Gasteiger partial charge on any atom is -0.367 e. The number of nitrogens with zero attached hydrogens (tertiary/aromatic N) is 5. The van der Waals surface area contributed by atoms with Crippen molar-refractivity contribution < 1.29 is 9.26 Å². The first kappa shape index (κ1) is 15.0. The molecule has 2 aromatic heterocycles. The van der Waals surface area contributed by atoms with E-state index in [1.54, 1.807) is 10.9 Å². The van der Waals surface area contributed by atoms with E-state index in [2.05, 4.69) is 44.4 Å². The Kier molecular flexibility index (Phi) is 4.10. The zero-order valence-electron chi connectivity index (χ0n) is 13.5. The molecule has 3 aromatic rings. The predicted molar refractivity (Wildman–Crippen MR) is 86.9 cm³/mol. The first-order valence-electron chi connectivity index (χ1n) is 7.99. The van der Waals surface area contributed by atoms with Gasteiger partial charge < -0.3 is 9.26 Å². The van der Waals surface area contributed by atoms with Gasteiger partial charge in [-0.05, 0) is 11.6 Å². The van der Waals surface area contributed by atoms with Crippen molar-refractivity contribution in [2.75, 3.05) is 19.7 Å². The molecule has 0 aliphatic carbocycles. The van der Waals surface area contributed by atoms with Gasteiger partial charge >= 0.3 is 0 Å². The first-order valence-corrected chi connectivity index (χ1v) is 7.99. The van der Waals surface area contributed by atoms with Crippen molar-refractivity contribution in [3.8, 4) is 11.6 Å². The number of hydrogen-bond acceptors (Lipinski definition) is 6. The predicted octanol–water partition coefficient (Wildman–Crippen LogP) is 2.04. The summed E-state index contributed by atoms with van der Waals surface area (Å²) in [6.07, 6.45) is 1.53. The van der Waals surface area contributed by atoms with Crippen LogP contribution >= 0.6 is 0 Å². The third kappa shape index (κ3) is 3.08. The number of aryl methyl sites for hydroxylation is 1. The Bertz CT molecular complexity index is 798. The quantitative estimate of drug-likeness (QED) is 0.731. The summed E-state index contributed by atoms with van der Waals surface area (Å²) < 4.78 is 12.9. The second kappa shape index (κ2) is 6.54. The van der Waals surface area contributed by atoms with Crippen molar-refractivity contribution in [3.63, 3.8) is 0 Å². The van der Waals surface area contributed by atoms with Crippen molar-refractivity contribution in [1.29, 1.82) is 0 Å². The number of ether oxygens (including phenoxy) is 1. The van der Waals surface area contributed by atoms with E-state index in [9.17, 15) is 0 Å². The summed E-state index contributed by atoms with van der Waals surface area (Å²) in [5.74, 6) is 1.05. The summed E-state index contributed by atoms with van der Waals surface area (Å²) >= 11 is 0. The van der Waals surface area contributed by atoms with Crippen molar-refractivity contribution >= 4 is 0 Å². The highest BCUT2D eigenvalue weighted by molar-refractivity contribution is 5.45. The van der Waals surface area contributed by atoms with Gasteiger partial charge in [-0.2, -0.15) is 10.1 Å². The number of rotatable bonds is 4. The van der Waals surface area contributed by atoms with Crippen molar-refractivity contribution in [2.24, 2.45) is 7.05 Å². The average Bonchev–Trinajstić information content (AvgIpc) is 3.25. The molecule has 1 atom stereocenters. The van der Waals surface area contributed by atoms with E-state index >= 15 is 0 Å². The molecule has 0 amide bonds. The van der Waals surface area contributed by atoms with Gasteiger partial charge in [-0.1, -0.05) is 35.5 Å². The molecule has 7 nitrogen and oxygen atoms in total. The fourth-order valence-corrected chi connectivity index (χ4v) is 2.90. The van der Waals surface area contributed by atoms with Crippen molar-refractivity contribution in [1.82, 2.24) is 24.8 Å². The van der Waals surface area contributed by atoms with Gasteiger partial charge in [-0.25, -0.2) is 0 Å². The van der Waals surface area contributed by atoms with E-state index in [4.69, 9.17) is 9.26 Å². The summed E-state index contributed by atoms with van der Waals surface area (Å²) in [5.41, 5.74) is 2.09. The fourth-order valence-electron chi connectivity index (χ4n) is 2.90. The second-order valence-corrected chi connectivity index (χ2v) is 5.88. The number of benzene rings is 1. The molecule has 3 heterocycles. The Balaban J connectivity index is 1.46. The minimum absolute atomic E-state index is 0.173. The third-order valence-corrected chi connectivity index (χ3v) is 4.17. The summed E-state index contributed by atoms with van der Waals surface area (Å²) in [7, 11) is 1.85. The van der Waals surface area contributed by atoms with E-state index in [0.29, 0.717) is 18.3 Å². The molecule has 1 aliphatic rings. The molecule has 1 saturated heterocycles. The first-order chi connectivity index (χ1) is 11.8. The standard InChI is InChI=1S/C17H19N5O2/c1-21-14(7-8-18-21)17-19-16(20-24-17)15-12-22(9-10-23-15)11-13-5-3-2-4-6-13/h2-8,15H,9-12H2,1H3/t15-/m1/s1. The lowest BCUT2D eigenvalue weighted by Crippen LogP contribution is -2.38. The smallest absolute Gasteiger partial charge is 0.276 e. The van der Waals surface area contributed by atoms with Gasteiger partial charge in [0.2, 0.25) is 5.82 Å². The Labute approximate surface area is 139 Å². The largest absolute Gasteiger partial charge is 0.367 e. The molecule has 0 saturated carbocycles.